The maximum Gasteiger partial charge on any atom is 0.407 e. The van der Waals surface area contributed by atoms with E-state index in [1.54, 1.807) is 32.9 Å². The molecular formula is C13H17FINO3. The van der Waals surface area contributed by atoms with Crippen LogP contribution in [0.3, 0.4) is 0 Å². The molecule has 1 aromatic rings. The number of rotatable bonds is 4. The fraction of sp³-hybridized carbons (Fsp3) is 0.462. The molecule has 0 aliphatic heterocycles. The van der Waals surface area contributed by atoms with Crippen LogP contribution in [0, 0.1) is 9.39 Å². The smallest absolute Gasteiger partial charge is 0.407 e. The Hall–Kier alpha value is -1.05. The molecule has 0 spiro atoms. The molecule has 0 unspecified atom stereocenters. The molecule has 1 aromatic carbocycles. The standard InChI is InChI=1S/C13H17FINO3/c1-13(2,3)19-12(17)16-6-7-18-11-8-9(15)4-5-10(11)14/h4-5,8H,6-7H2,1-3H3,(H,16,17). The number of benzene rings is 1. The largest absolute Gasteiger partial charge is 0.489 e. The fourth-order valence-corrected chi connectivity index (χ4v) is 1.68. The molecular weight excluding hydrogens is 364 g/mol. The number of hydrogen-bond donors (Lipinski definition) is 1. The fourth-order valence-electron chi connectivity index (χ4n) is 1.22. The van der Waals surface area contributed by atoms with E-state index in [0.29, 0.717) is 0 Å². The molecule has 1 N–H and O–H groups in total. The molecule has 0 atom stereocenters. The maximum absolute atomic E-state index is 13.3. The Kier molecular flexibility index (Phi) is 5.84. The molecule has 0 saturated carbocycles. The molecule has 106 valence electrons. The molecule has 0 fully saturated rings. The molecule has 0 aliphatic carbocycles. The molecule has 0 aromatic heterocycles. The molecule has 0 saturated heterocycles. The summed E-state index contributed by atoms with van der Waals surface area (Å²) in [6, 6.07) is 4.60. The second kappa shape index (κ2) is 6.93. The van der Waals surface area contributed by atoms with E-state index in [1.165, 1.54) is 6.07 Å². The van der Waals surface area contributed by atoms with E-state index in [9.17, 15) is 9.18 Å². The Morgan fingerprint density at radius 2 is 2.11 bits per heavy atom. The van der Waals surface area contributed by atoms with Crippen LogP contribution in [0.15, 0.2) is 18.2 Å². The zero-order chi connectivity index (χ0) is 14.5. The molecule has 0 heterocycles. The van der Waals surface area contributed by atoms with Gasteiger partial charge in [0.2, 0.25) is 0 Å². The number of halogens is 2. The van der Waals surface area contributed by atoms with Gasteiger partial charge in [-0.05, 0) is 61.6 Å². The van der Waals surface area contributed by atoms with Gasteiger partial charge in [0, 0.05) is 3.57 Å². The van der Waals surface area contributed by atoms with Crippen molar-refractivity contribution in [3.05, 3.63) is 27.6 Å². The first-order valence-electron chi connectivity index (χ1n) is 5.82. The second-order valence-corrected chi connectivity index (χ2v) is 6.10. The quantitative estimate of drug-likeness (QED) is 0.643. The van der Waals surface area contributed by atoms with Crippen LogP contribution in [-0.2, 0) is 4.74 Å². The highest BCUT2D eigenvalue weighted by atomic mass is 127. The van der Waals surface area contributed by atoms with Gasteiger partial charge in [-0.15, -0.1) is 0 Å². The maximum atomic E-state index is 13.3. The van der Waals surface area contributed by atoms with Crippen LogP contribution >= 0.6 is 22.6 Å². The lowest BCUT2D eigenvalue weighted by atomic mass is 10.2. The molecule has 1 rings (SSSR count). The predicted octanol–water partition coefficient (Wildman–Crippen LogP) is 3.33. The van der Waals surface area contributed by atoms with Gasteiger partial charge in [-0.3, -0.25) is 0 Å². The highest BCUT2D eigenvalue weighted by Crippen LogP contribution is 2.19. The Morgan fingerprint density at radius 3 is 2.74 bits per heavy atom. The van der Waals surface area contributed by atoms with Crippen molar-refractivity contribution < 1.29 is 18.7 Å². The van der Waals surface area contributed by atoms with Gasteiger partial charge in [0.05, 0.1) is 6.54 Å². The number of carbonyl (C=O) groups excluding carboxylic acids is 1. The normalized spacial score (nSPS) is 11.0. The number of alkyl carbamates (subject to hydrolysis) is 1. The van der Waals surface area contributed by atoms with Crippen LogP contribution < -0.4 is 10.1 Å². The van der Waals surface area contributed by atoms with E-state index < -0.39 is 17.5 Å². The molecule has 0 aliphatic rings. The first kappa shape index (κ1) is 16.0. The Balaban J connectivity index is 2.31. The summed E-state index contributed by atoms with van der Waals surface area (Å²) in [5.74, 6) is -0.240. The minimum Gasteiger partial charge on any atom is -0.489 e. The van der Waals surface area contributed by atoms with Crippen molar-refractivity contribution in [3.8, 4) is 5.75 Å². The third-order valence-electron chi connectivity index (χ3n) is 1.92. The van der Waals surface area contributed by atoms with E-state index in [1.807, 2.05) is 0 Å². The average Bonchev–Trinajstić information content (AvgIpc) is 2.26. The SMILES string of the molecule is CC(C)(C)OC(=O)NCCOc1cc(I)ccc1F. The minimum absolute atomic E-state index is 0.177. The zero-order valence-corrected chi connectivity index (χ0v) is 13.3. The number of ether oxygens (including phenoxy) is 2. The average molecular weight is 381 g/mol. The van der Waals surface area contributed by atoms with E-state index in [4.69, 9.17) is 9.47 Å². The van der Waals surface area contributed by atoms with Crippen molar-refractivity contribution in [2.75, 3.05) is 13.2 Å². The van der Waals surface area contributed by atoms with Crippen LogP contribution in [0.2, 0.25) is 0 Å². The van der Waals surface area contributed by atoms with Crippen LogP contribution in [-0.4, -0.2) is 24.8 Å². The van der Waals surface area contributed by atoms with Gasteiger partial charge in [0.15, 0.2) is 11.6 Å². The summed E-state index contributed by atoms with van der Waals surface area (Å²) < 4.78 is 24.5. The summed E-state index contributed by atoms with van der Waals surface area (Å²) in [4.78, 5) is 11.3. The van der Waals surface area contributed by atoms with Gasteiger partial charge in [-0.2, -0.15) is 0 Å². The third-order valence-corrected chi connectivity index (χ3v) is 2.59. The first-order valence-corrected chi connectivity index (χ1v) is 6.90. The third kappa shape index (κ3) is 6.60. The summed E-state index contributed by atoms with van der Waals surface area (Å²) in [7, 11) is 0. The van der Waals surface area contributed by atoms with Crippen molar-refractivity contribution >= 4 is 28.7 Å². The summed E-state index contributed by atoms with van der Waals surface area (Å²) in [5, 5.41) is 2.53. The molecule has 0 bridgehead atoms. The van der Waals surface area contributed by atoms with Crippen molar-refractivity contribution in [1.29, 1.82) is 0 Å². The van der Waals surface area contributed by atoms with Gasteiger partial charge in [-0.25, -0.2) is 9.18 Å². The van der Waals surface area contributed by atoms with Crippen molar-refractivity contribution in [1.82, 2.24) is 5.32 Å². The lowest BCUT2D eigenvalue weighted by Crippen LogP contribution is -2.34. The summed E-state index contributed by atoms with van der Waals surface area (Å²) in [6.45, 7) is 5.77. The first-order chi connectivity index (χ1) is 8.78. The van der Waals surface area contributed by atoms with Crippen LogP contribution in [0.5, 0.6) is 5.75 Å². The van der Waals surface area contributed by atoms with Gasteiger partial charge in [0.25, 0.3) is 0 Å². The van der Waals surface area contributed by atoms with Gasteiger partial charge < -0.3 is 14.8 Å². The van der Waals surface area contributed by atoms with E-state index in [2.05, 4.69) is 27.9 Å². The lowest BCUT2D eigenvalue weighted by Gasteiger charge is -2.19. The van der Waals surface area contributed by atoms with E-state index >= 15 is 0 Å². The van der Waals surface area contributed by atoms with Gasteiger partial charge in [-0.1, -0.05) is 0 Å². The highest BCUT2D eigenvalue weighted by Gasteiger charge is 2.15. The van der Waals surface area contributed by atoms with Crippen molar-refractivity contribution in [2.24, 2.45) is 0 Å². The van der Waals surface area contributed by atoms with Gasteiger partial charge in [0.1, 0.15) is 12.2 Å². The zero-order valence-electron chi connectivity index (χ0n) is 11.1. The van der Waals surface area contributed by atoms with Crippen LogP contribution in [0.4, 0.5) is 9.18 Å². The lowest BCUT2D eigenvalue weighted by molar-refractivity contribution is 0.0520. The Labute approximate surface area is 125 Å². The van der Waals surface area contributed by atoms with E-state index in [0.717, 1.165) is 3.57 Å². The highest BCUT2D eigenvalue weighted by molar-refractivity contribution is 14.1. The molecule has 19 heavy (non-hydrogen) atoms. The molecule has 4 nitrogen and oxygen atoms in total. The molecule has 1 amide bonds. The van der Waals surface area contributed by atoms with Crippen LogP contribution in [0.1, 0.15) is 20.8 Å². The minimum atomic E-state index is -0.535. The number of hydrogen-bond acceptors (Lipinski definition) is 3. The Bertz CT molecular complexity index is 446. The molecule has 6 heteroatoms. The Morgan fingerprint density at radius 1 is 1.42 bits per heavy atom. The van der Waals surface area contributed by atoms with Gasteiger partial charge >= 0.3 is 6.09 Å². The van der Waals surface area contributed by atoms with Crippen LogP contribution in [0.25, 0.3) is 0 Å². The summed E-state index contributed by atoms with van der Waals surface area (Å²) in [5.41, 5.74) is -0.535. The van der Waals surface area contributed by atoms with E-state index in [-0.39, 0.29) is 18.9 Å². The van der Waals surface area contributed by atoms with Crippen molar-refractivity contribution in [2.45, 2.75) is 26.4 Å². The number of amides is 1. The summed E-state index contributed by atoms with van der Waals surface area (Å²) >= 11 is 2.07. The number of carbonyl (C=O) groups is 1. The predicted molar refractivity (Wildman–Crippen MR) is 78.8 cm³/mol. The molecule has 0 radical (unpaired) electrons. The summed E-state index contributed by atoms with van der Waals surface area (Å²) in [6.07, 6.45) is -0.515. The topological polar surface area (TPSA) is 47.6 Å². The van der Waals surface area contributed by atoms with Crippen molar-refractivity contribution in [3.63, 3.8) is 0 Å². The number of nitrogens with one attached hydrogen (secondary N) is 1. The second-order valence-electron chi connectivity index (χ2n) is 4.85. The monoisotopic (exact) mass is 381 g/mol.